The minimum atomic E-state index is -1.54. The number of aliphatic hydroxyl groups is 1. The zero-order valence-corrected chi connectivity index (χ0v) is 10.8. The molecule has 0 saturated carbocycles. The lowest BCUT2D eigenvalue weighted by atomic mass is 9.99. The quantitative estimate of drug-likeness (QED) is 0.680. The fraction of sp³-hybridized carbons (Fsp3) is 0.833. The maximum atomic E-state index is 11.9. The predicted molar refractivity (Wildman–Crippen MR) is 66.3 cm³/mol. The zero-order valence-electron chi connectivity index (χ0n) is 10.8. The summed E-state index contributed by atoms with van der Waals surface area (Å²) in [7, 11) is 0. The molecule has 1 rings (SSSR count). The average molecular weight is 258 g/mol. The van der Waals surface area contributed by atoms with Crippen LogP contribution in [-0.2, 0) is 4.79 Å². The van der Waals surface area contributed by atoms with E-state index in [1.165, 1.54) is 0 Å². The first kappa shape index (κ1) is 14.8. The molecule has 1 aliphatic heterocycles. The van der Waals surface area contributed by atoms with Crippen molar-refractivity contribution in [3.05, 3.63) is 0 Å². The third kappa shape index (κ3) is 4.18. The molecule has 1 aliphatic rings. The van der Waals surface area contributed by atoms with E-state index in [0.717, 1.165) is 32.1 Å². The lowest BCUT2D eigenvalue weighted by Crippen LogP contribution is -2.50. The molecular formula is C12H22N2O4. The van der Waals surface area contributed by atoms with Gasteiger partial charge in [0.15, 0.2) is 6.10 Å². The summed E-state index contributed by atoms with van der Waals surface area (Å²) in [6.45, 7) is 2.54. The number of aliphatic hydroxyl groups excluding tert-OH is 1. The molecule has 2 unspecified atom stereocenters. The third-order valence-electron chi connectivity index (χ3n) is 3.24. The Balaban J connectivity index is 2.45. The molecule has 0 radical (unpaired) electrons. The van der Waals surface area contributed by atoms with E-state index in [2.05, 4.69) is 12.2 Å². The van der Waals surface area contributed by atoms with Gasteiger partial charge < -0.3 is 20.4 Å². The van der Waals surface area contributed by atoms with Crippen LogP contribution in [0.25, 0.3) is 0 Å². The number of carbonyl (C=O) groups is 2. The van der Waals surface area contributed by atoms with Crippen LogP contribution in [0.15, 0.2) is 0 Å². The fourth-order valence-corrected chi connectivity index (χ4v) is 2.27. The molecule has 0 aliphatic carbocycles. The average Bonchev–Trinajstić information content (AvgIpc) is 2.36. The van der Waals surface area contributed by atoms with Gasteiger partial charge in [-0.05, 0) is 25.7 Å². The van der Waals surface area contributed by atoms with Crippen molar-refractivity contribution in [2.45, 2.75) is 51.2 Å². The largest absolute Gasteiger partial charge is 0.479 e. The number of likely N-dealkylation sites (tertiary alicyclic amines) is 1. The summed E-state index contributed by atoms with van der Waals surface area (Å²) in [4.78, 5) is 24.1. The zero-order chi connectivity index (χ0) is 13.5. The first-order valence-corrected chi connectivity index (χ1v) is 6.51. The lowest BCUT2D eigenvalue weighted by Gasteiger charge is -2.35. The maximum absolute atomic E-state index is 11.9. The Morgan fingerprint density at radius 3 is 2.78 bits per heavy atom. The van der Waals surface area contributed by atoms with E-state index >= 15 is 0 Å². The van der Waals surface area contributed by atoms with Gasteiger partial charge in [-0.15, -0.1) is 0 Å². The molecule has 6 heteroatoms. The van der Waals surface area contributed by atoms with Crippen molar-refractivity contribution in [1.82, 2.24) is 10.2 Å². The van der Waals surface area contributed by atoms with Gasteiger partial charge in [-0.25, -0.2) is 9.59 Å². The van der Waals surface area contributed by atoms with Crippen LogP contribution < -0.4 is 5.32 Å². The number of carboxylic acid groups (broad SMARTS) is 1. The number of urea groups is 1. The van der Waals surface area contributed by atoms with Crippen LogP contribution in [0.5, 0.6) is 0 Å². The molecule has 3 N–H and O–H groups in total. The van der Waals surface area contributed by atoms with E-state index in [1.54, 1.807) is 4.90 Å². The van der Waals surface area contributed by atoms with Gasteiger partial charge in [0.1, 0.15) is 0 Å². The molecule has 6 nitrogen and oxygen atoms in total. The van der Waals surface area contributed by atoms with Crippen molar-refractivity contribution in [2.75, 3.05) is 13.1 Å². The van der Waals surface area contributed by atoms with Gasteiger partial charge in [0.2, 0.25) is 0 Å². The summed E-state index contributed by atoms with van der Waals surface area (Å²) >= 11 is 0. The number of nitrogens with zero attached hydrogens (tertiary/aromatic N) is 1. The molecule has 0 spiro atoms. The number of hydrogen-bond donors (Lipinski definition) is 3. The Morgan fingerprint density at radius 2 is 2.17 bits per heavy atom. The highest BCUT2D eigenvalue weighted by Gasteiger charge is 2.26. The third-order valence-corrected chi connectivity index (χ3v) is 3.24. The van der Waals surface area contributed by atoms with Crippen molar-refractivity contribution >= 4 is 12.0 Å². The fourth-order valence-electron chi connectivity index (χ4n) is 2.27. The highest BCUT2D eigenvalue weighted by atomic mass is 16.4. The number of aliphatic carboxylic acids is 1. The maximum Gasteiger partial charge on any atom is 0.334 e. The Bertz CT molecular complexity index is 294. The first-order chi connectivity index (χ1) is 8.56. The highest BCUT2D eigenvalue weighted by molar-refractivity contribution is 5.77. The van der Waals surface area contributed by atoms with Crippen LogP contribution >= 0.6 is 0 Å². The lowest BCUT2D eigenvalue weighted by molar-refractivity contribution is -0.146. The summed E-state index contributed by atoms with van der Waals surface area (Å²) in [6, 6.07) is -0.0285. The highest BCUT2D eigenvalue weighted by Crippen LogP contribution is 2.20. The number of rotatable bonds is 5. The van der Waals surface area contributed by atoms with Crippen LogP contribution in [0.2, 0.25) is 0 Å². The standard InChI is InChI=1S/C12H22N2O4/c1-2-5-9-6-3-4-7-14(9)12(18)13-8-10(15)11(16)17/h9-10,15H,2-8H2,1H3,(H,13,18)(H,16,17). The molecule has 0 bridgehead atoms. The van der Waals surface area contributed by atoms with E-state index < -0.39 is 12.1 Å². The second-order valence-electron chi connectivity index (χ2n) is 4.67. The van der Waals surface area contributed by atoms with Crippen LogP contribution in [0.4, 0.5) is 4.79 Å². The molecule has 0 aromatic rings. The van der Waals surface area contributed by atoms with Crippen LogP contribution in [-0.4, -0.2) is 52.3 Å². The first-order valence-electron chi connectivity index (χ1n) is 6.51. The molecular weight excluding hydrogens is 236 g/mol. The smallest absolute Gasteiger partial charge is 0.334 e. The van der Waals surface area contributed by atoms with E-state index in [9.17, 15) is 9.59 Å². The van der Waals surface area contributed by atoms with Gasteiger partial charge in [-0.1, -0.05) is 13.3 Å². The number of carboxylic acids is 1. The molecule has 0 aromatic heterocycles. The summed E-state index contributed by atoms with van der Waals surface area (Å²) in [5, 5.41) is 20.1. The second-order valence-corrected chi connectivity index (χ2v) is 4.67. The van der Waals surface area contributed by atoms with E-state index in [4.69, 9.17) is 10.2 Å². The number of nitrogens with one attached hydrogen (secondary N) is 1. The van der Waals surface area contributed by atoms with Gasteiger partial charge in [-0.3, -0.25) is 0 Å². The van der Waals surface area contributed by atoms with Crippen molar-refractivity contribution in [2.24, 2.45) is 0 Å². The van der Waals surface area contributed by atoms with E-state index in [-0.39, 0.29) is 18.6 Å². The number of amides is 2. The van der Waals surface area contributed by atoms with Gasteiger partial charge in [0.25, 0.3) is 0 Å². The van der Waals surface area contributed by atoms with Crippen molar-refractivity contribution in [3.63, 3.8) is 0 Å². The van der Waals surface area contributed by atoms with Crippen LogP contribution in [0.1, 0.15) is 39.0 Å². The molecule has 1 heterocycles. The number of piperidine rings is 1. The molecule has 1 saturated heterocycles. The topological polar surface area (TPSA) is 89.9 Å². The van der Waals surface area contributed by atoms with Crippen LogP contribution in [0, 0.1) is 0 Å². The van der Waals surface area contributed by atoms with Crippen LogP contribution in [0.3, 0.4) is 0 Å². The van der Waals surface area contributed by atoms with E-state index in [1.807, 2.05) is 0 Å². The minimum Gasteiger partial charge on any atom is -0.479 e. The molecule has 18 heavy (non-hydrogen) atoms. The van der Waals surface area contributed by atoms with Gasteiger partial charge in [-0.2, -0.15) is 0 Å². The van der Waals surface area contributed by atoms with Gasteiger partial charge in [0, 0.05) is 12.6 Å². The Labute approximate surface area is 107 Å². The predicted octanol–water partition coefficient (Wildman–Crippen LogP) is 0.796. The Hall–Kier alpha value is -1.30. The minimum absolute atomic E-state index is 0.241. The summed E-state index contributed by atoms with van der Waals surface area (Å²) < 4.78 is 0. The molecule has 0 aromatic carbocycles. The monoisotopic (exact) mass is 258 g/mol. The van der Waals surface area contributed by atoms with Gasteiger partial charge >= 0.3 is 12.0 Å². The second kappa shape index (κ2) is 7.20. The Kier molecular flexibility index (Phi) is 5.91. The molecule has 1 fully saturated rings. The molecule has 2 atom stereocenters. The summed E-state index contributed by atoms with van der Waals surface area (Å²) in [5.74, 6) is -1.32. The van der Waals surface area contributed by atoms with Crippen molar-refractivity contribution in [1.29, 1.82) is 0 Å². The summed E-state index contributed by atoms with van der Waals surface area (Å²) in [6.07, 6.45) is 3.56. The Morgan fingerprint density at radius 1 is 1.44 bits per heavy atom. The summed E-state index contributed by atoms with van der Waals surface area (Å²) in [5.41, 5.74) is 0. The SMILES string of the molecule is CCCC1CCCCN1C(=O)NCC(O)C(=O)O. The number of hydrogen-bond acceptors (Lipinski definition) is 3. The molecule has 2 amide bonds. The van der Waals surface area contributed by atoms with Gasteiger partial charge in [0.05, 0.1) is 6.54 Å². The molecule has 104 valence electrons. The van der Waals surface area contributed by atoms with E-state index in [0.29, 0.717) is 6.54 Å². The van der Waals surface area contributed by atoms with Crippen molar-refractivity contribution < 1.29 is 19.8 Å². The number of carbonyl (C=O) groups excluding carboxylic acids is 1. The normalized spacial score (nSPS) is 21.4. The van der Waals surface area contributed by atoms with Crippen molar-refractivity contribution in [3.8, 4) is 0 Å².